The lowest BCUT2D eigenvalue weighted by Crippen LogP contribution is -2.27. The van der Waals surface area contributed by atoms with Gasteiger partial charge in [-0.15, -0.1) is 0 Å². The van der Waals surface area contributed by atoms with Crippen molar-refractivity contribution in [2.75, 3.05) is 31.6 Å². The van der Waals surface area contributed by atoms with Gasteiger partial charge in [0.1, 0.15) is 4.90 Å². The SMILES string of the molecule is CCNS(=O)(=O)c1cc(OC)ncc1N1CCCC1. The van der Waals surface area contributed by atoms with Crippen LogP contribution in [0.4, 0.5) is 5.69 Å². The maximum absolute atomic E-state index is 12.3. The predicted molar refractivity (Wildman–Crippen MR) is 73.1 cm³/mol. The van der Waals surface area contributed by atoms with Crippen molar-refractivity contribution in [3.63, 3.8) is 0 Å². The van der Waals surface area contributed by atoms with Crippen LogP contribution in [0.25, 0.3) is 0 Å². The Morgan fingerprint density at radius 3 is 2.68 bits per heavy atom. The van der Waals surface area contributed by atoms with Crippen LogP contribution in [0.15, 0.2) is 17.2 Å². The third-order valence-corrected chi connectivity index (χ3v) is 4.68. The Morgan fingerprint density at radius 2 is 2.11 bits per heavy atom. The number of sulfonamides is 1. The first kappa shape index (κ1) is 14.1. The molecule has 0 aliphatic carbocycles. The zero-order valence-corrected chi connectivity index (χ0v) is 12.0. The lowest BCUT2D eigenvalue weighted by atomic mass is 10.3. The van der Waals surface area contributed by atoms with E-state index in [4.69, 9.17) is 4.74 Å². The minimum Gasteiger partial charge on any atom is -0.481 e. The van der Waals surface area contributed by atoms with Crippen LogP contribution in [0, 0.1) is 0 Å². The molecule has 1 saturated heterocycles. The van der Waals surface area contributed by atoms with Gasteiger partial charge in [0.2, 0.25) is 15.9 Å². The van der Waals surface area contributed by atoms with Gasteiger partial charge in [-0.25, -0.2) is 18.1 Å². The van der Waals surface area contributed by atoms with Gasteiger partial charge in [0.25, 0.3) is 0 Å². The van der Waals surface area contributed by atoms with E-state index in [1.807, 2.05) is 0 Å². The summed E-state index contributed by atoms with van der Waals surface area (Å²) < 4.78 is 32.1. The van der Waals surface area contributed by atoms with Crippen LogP contribution in [0.5, 0.6) is 5.88 Å². The Hall–Kier alpha value is -1.34. The monoisotopic (exact) mass is 285 g/mol. The van der Waals surface area contributed by atoms with Gasteiger partial charge in [-0.2, -0.15) is 0 Å². The zero-order chi connectivity index (χ0) is 13.9. The van der Waals surface area contributed by atoms with Crippen LogP contribution in [-0.2, 0) is 10.0 Å². The average molecular weight is 285 g/mol. The summed E-state index contributed by atoms with van der Waals surface area (Å²) >= 11 is 0. The first-order valence-corrected chi connectivity index (χ1v) is 7.85. The Labute approximate surface area is 113 Å². The van der Waals surface area contributed by atoms with Crippen molar-refractivity contribution >= 4 is 15.7 Å². The zero-order valence-electron chi connectivity index (χ0n) is 11.2. The first-order valence-electron chi connectivity index (χ1n) is 6.37. The standard InChI is InChI=1S/C12H19N3O3S/c1-3-14-19(16,17)11-8-12(18-2)13-9-10(11)15-6-4-5-7-15/h8-9,14H,3-7H2,1-2H3. The molecule has 106 valence electrons. The summed E-state index contributed by atoms with van der Waals surface area (Å²) in [5, 5.41) is 0. The molecule has 0 bridgehead atoms. The van der Waals surface area contributed by atoms with Gasteiger partial charge >= 0.3 is 0 Å². The molecule has 2 heterocycles. The summed E-state index contributed by atoms with van der Waals surface area (Å²) in [4.78, 5) is 6.41. The number of ether oxygens (including phenoxy) is 1. The van der Waals surface area contributed by atoms with Crippen molar-refractivity contribution in [2.24, 2.45) is 0 Å². The van der Waals surface area contributed by atoms with Gasteiger partial charge in [0.05, 0.1) is 19.0 Å². The van der Waals surface area contributed by atoms with E-state index in [2.05, 4.69) is 14.6 Å². The molecule has 7 heteroatoms. The number of methoxy groups -OCH3 is 1. The highest BCUT2D eigenvalue weighted by atomic mass is 32.2. The highest BCUT2D eigenvalue weighted by Crippen LogP contribution is 2.29. The van der Waals surface area contributed by atoms with Gasteiger partial charge in [-0.3, -0.25) is 0 Å². The molecule has 1 aliphatic heterocycles. The molecule has 0 saturated carbocycles. The Morgan fingerprint density at radius 1 is 1.42 bits per heavy atom. The molecule has 1 aromatic heterocycles. The van der Waals surface area contributed by atoms with Gasteiger partial charge in [-0.05, 0) is 12.8 Å². The maximum atomic E-state index is 12.3. The summed E-state index contributed by atoms with van der Waals surface area (Å²) in [6.07, 6.45) is 3.73. The molecule has 0 spiro atoms. The Kier molecular flexibility index (Phi) is 4.26. The molecule has 0 aromatic carbocycles. The molecule has 1 fully saturated rings. The van der Waals surface area contributed by atoms with Crippen LogP contribution >= 0.6 is 0 Å². The fraction of sp³-hybridized carbons (Fsp3) is 0.583. The summed E-state index contributed by atoms with van der Waals surface area (Å²) in [6, 6.07) is 1.48. The summed E-state index contributed by atoms with van der Waals surface area (Å²) in [7, 11) is -2.05. The van der Waals surface area contributed by atoms with Crippen LogP contribution in [0.2, 0.25) is 0 Å². The normalized spacial score (nSPS) is 15.8. The number of anilines is 1. The Balaban J connectivity index is 2.47. The number of hydrogen-bond acceptors (Lipinski definition) is 5. The van der Waals surface area contributed by atoms with Crippen molar-refractivity contribution in [3.8, 4) is 5.88 Å². The number of nitrogens with one attached hydrogen (secondary N) is 1. The fourth-order valence-corrected chi connectivity index (χ4v) is 3.45. The highest BCUT2D eigenvalue weighted by molar-refractivity contribution is 7.89. The van der Waals surface area contributed by atoms with Gasteiger partial charge in [0.15, 0.2) is 0 Å². The molecule has 19 heavy (non-hydrogen) atoms. The maximum Gasteiger partial charge on any atom is 0.242 e. The lowest BCUT2D eigenvalue weighted by molar-refractivity contribution is 0.396. The molecule has 1 aliphatic rings. The number of rotatable bonds is 5. The minimum atomic E-state index is -3.52. The summed E-state index contributed by atoms with van der Waals surface area (Å²) in [5.41, 5.74) is 0.652. The largest absolute Gasteiger partial charge is 0.481 e. The molecule has 0 amide bonds. The van der Waals surface area contributed by atoms with Crippen LogP contribution < -0.4 is 14.4 Å². The molecule has 0 atom stereocenters. The smallest absolute Gasteiger partial charge is 0.242 e. The molecular weight excluding hydrogens is 266 g/mol. The molecule has 0 unspecified atom stereocenters. The van der Waals surface area contributed by atoms with Crippen molar-refractivity contribution in [2.45, 2.75) is 24.7 Å². The van der Waals surface area contributed by atoms with Crippen LogP contribution in [-0.4, -0.2) is 40.1 Å². The van der Waals surface area contributed by atoms with Crippen molar-refractivity contribution in [3.05, 3.63) is 12.3 Å². The summed E-state index contributed by atoms with van der Waals surface area (Å²) in [5.74, 6) is 0.305. The number of nitrogens with zero attached hydrogens (tertiary/aromatic N) is 2. The van der Waals surface area contributed by atoms with E-state index >= 15 is 0 Å². The van der Waals surface area contributed by atoms with Crippen LogP contribution in [0.3, 0.4) is 0 Å². The van der Waals surface area contributed by atoms with E-state index in [1.54, 1.807) is 13.1 Å². The van der Waals surface area contributed by atoms with Gasteiger partial charge in [-0.1, -0.05) is 6.92 Å². The number of pyridine rings is 1. The molecule has 2 rings (SSSR count). The summed E-state index contributed by atoms with van der Waals surface area (Å²) in [6.45, 7) is 3.84. The number of hydrogen-bond donors (Lipinski definition) is 1. The molecule has 1 N–H and O–H groups in total. The second kappa shape index (κ2) is 5.75. The van der Waals surface area contributed by atoms with E-state index in [-0.39, 0.29) is 4.90 Å². The second-order valence-electron chi connectivity index (χ2n) is 4.39. The lowest BCUT2D eigenvalue weighted by Gasteiger charge is -2.21. The second-order valence-corrected chi connectivity index (χ2v) is 6.13. The predicted octanol–water partition coefficient (Wildman–Crippen LogP) is 0.989. The third kappa shape index (κ3) is 2.98. The van der Waals surface area contributed by atoms with E-state index in [0.717, 1.165) is 25.9 Å². The fourth-order valence-electron chi connectivity index (χ4n) is 2.20. The first-order chi connectivity index (χ1) is 9.08. The van der Waals surface area contributed by atoms with Gasteiger partial charge < -0.3 is 9.64 Å². The molecule has 6 nitrogen and oxygen atoms in total. The Bertz CT molecular complexity index is 539. The molecular formula is C12H19N3O3S. The number of aromatic nitrogens is 1. The topological polar surface area (TPSA) is 71.5 Å². The van der Waals surface area contributed by atoms with Crippen LogP contribution in [0.1, 0.15) is 19.8 Å². The average Bonchev–Trinajstić information content (AvgIpc) is 2.91. The van der Waals surface area contributed by atoms with Crippen molar-refractivity contribution in [1.82, 2.24) is 9.71 Å². The van der Waals surface area contributed by atoms with E-state index in [0.29, 0.717) is 18.1 Å². The molecule has 0 radical (unpaired) electrons. The van der Waals surface area contributed by atoms with Crippen molar-refractivity contribution < 1.29 is 13.2 Å². The van der Waals surface area contributed by atoms with E-state index < -0.39 is 10.0 Å². The van der Waals surface area contributed by atoms with Gasteiger partial charge in [0, 0.05) is 25.7 Å². The highest BCUT2D eigenvalue weighted by Gasteiger charge is 2.24. The van der Waals surface area contributed by atoms with E-state index in [1.165, 1.54) is 13.2 Å². The van der Waals surface area contributed by atoms with E-state index in [9.17, 15) is 8.42 Å². The minimum absolute atomic E-state index is 0.239. The molecule has 1 aromatic rings. The third-order valence-electron chi connectivity index (χ3n) is 3.10. The quantitative estimate of drug-likeness (QED) is 0.873. The van der Waals surface area contributed by atoms with Crippen molar-refractivity contribution in [1.29, 1.82) is 0 Å².